The van der Waals surface area contributed by atoms with Crippen molar-refractivity contribution in [3.63, 3.8) is 0 Å². The van der Waals surface area contributed by atoms with E-state index in [1.165, 1.54) is 12.8 Å². The number of carbonyl (C=O) groups is 1. The maximum absolute atomic E-state index is 12.2. The molecular formula is C15H22N2O2S. The van der Waals surface area contributed by atoms with Crippen LogP contribution in [0.4, 0.5) is 0 Å². The Hall–Kier alpha value is -0.910. The van der Waals surface area contributed by atoms with E-state index in [2.05, 4.69) is 4.90 Å². The fraction of sp³-hybridized carbons (Fsp3) is 0.667. The average molecular weight is 294 g/mol. The number of nitrogens with zero attached hydrogens (tertiary/aromatic N) is 2. The molecule has 110 valence electrons. The molecule has 1 atom stereocenters. The first-order chi connectivity index (χ1) is 9.81. The third kappa shape index (κ3) is 3.59. The summed E-state index contributed by atoms with van der Waals surface area (Å²) in [4.78, 5) is 17.8. The molecular weight excluding hydrogens is 272 g/mol. The third-order valence-corrected chi connectivity index (χ3v) is 4.99. The lowest BCUT2D eigenvalue weighted by Gasteiger charge is -2.35. The molecule has 3 rings (SSSR count). The average Bonchev–Trinajstić information content (AvgIpc) is 3.13. The van der Waals surface area contributed by atoms with Gasteiger partial charge in [0.15, 0.2) is 0 Å². The molecule has 0 radical (unpaired) electrons. The highest BCUT2D eigenvalue weighted by Gasteiger charge is 2.24. The van der Waals surface area contributed by atoms with Gasteiger partial charge in [-0.3, -0.25) is 9.69 Å². The van der Waals surface area contributed by atoms with Gasteiger partial charge in [0.1, 0.15) is 0 Å². The first kappa shape index (κ1) is 14.0. The van der Waals surface area contributed by atoms with E-state index in [0.29, 0.717) is 12.5 Å². The summed E-state index contributed by atoms with van der Waals surface area (Å²) in [5, 5.41) is 2.03. The van der Waals surface area contributed by atoms with Crippen LogP contribution < -0.4 is 0 Å². The maximum Gasteiger partial charge on any atom is 0.227 e. The van der Waals surface area contributed by atoms with Gasteiger partial charge in [-0.05, 0) is 24.3 Å². The minimum Gasteiger partial charge on any atom is -0.377 e. The minimum atomic E-state index is 0.268. The second-order valence-electron chi connectivity index (χ2n) is 5.57. The molecule has 1 aromatic heterocycles. The number of hydrogen-bond donors (Lipinski definition) is 0. The highest BCUT2D eigenvalue weighted by Crippen LogP contribution is 2.15. The first-order valence-corrected chi connectivity index (χ1v) is 8.33. The zero-order valence-electron chi connectivity index (χ0n) is 11.8. The van der Waals surface area contributed by atoms with E-state index < -0.39 is 0 Å². The van der Waals surface area contributed by atoms with Gasteiger partial charge in [-0.1, -0.05) is 6.07 Å². The number of amides is 1. The molecule has 0 N–H and O–H groups in total. The molecule has 1 aromatic rings. The van der Waals surface area contributed by atoms with Crippen molar-refractivity contribution in [2.24, 2.45) is 0 Å². The molecule has 0 aliphatic carbocycles. The zero-order valence-corrected chi connectivity index (χ0v) is 12.6. The maximum atomic E-state index is 12.2. The van der Waals surface area contributed by atoms with E-state index in [9.17, 15) is 4.79 Å². The fourth-order valence-electron chi connectivity index (χ4n) is 2.93. The van der Waals surface area contributed by atoms with Gasteiger partial charge in [-0.2, -0.15) is 0 Å². The Morgan fingerprint density at radius 3 is 2.85 bits per heavy atom. The van der Waals surface area contributed by atoms with Crippen molar-refractivity contribution >= 4 is 17.2 Å². The number of ether oxygens (including phenoxy) is 1. The van der Waals surface area contributed by atoms with Gasteiger partial charge in [0.25, 0.3) is 0 Å². The van der Waals surface area contributed by atoms with E-state index in [4.69, 9.17) is 4.74 Å². The van der Waals surface area contributed by atoms with Crippen LogP contribution in [-0.4, -0.2) is 61.1 Å². The molecule has 20 heavy (non-hydrogen) atoms. The van der Waals surface area contributed by atoms with Crippen LogP contribution in [0.1, 0.15) is 17.7 Å². The van der Waals surface area contributed by atoms with Crippen LogP contribution in [0.5, 0.6) is 0 Å². The number of carbonyl (C=O) groups excluding carboxylic acids is 1. The van der Waals surface area contributed by atoms with Gasteiger partial charge < -0.3 is 9.64 Å². The number of piperazine rings is 1. The Morgan fingerprint density at radius 1 is 1.35 bits per heavy atom. The van der Waals surface area contributed by atoms with Crippen molar-refractivity contribution in [3.8, 4) is 0 Å². The zero-order chi connectivity index (χ0) is 13.8. The Bertz CT molecular complexity index is 421. The monoisotopic (exact) mass is 294 g/mol. The summed E-state index contributed by atoms with van der Waals surface area (Å²) in [6.45, 7) is 5.64. The summed E-state index contributed by atoms with van der Waals surface area (Å²) in [6.07, 6.45) is 3.37. The number of hydrogen-bond acceptors (Lipinski definition) is 4. The summed E-state index contributed by atoms with van der Waals surface area (Å²) in [5.74, 6) is 0.268. The molecule has 5 heteroatoms. The Labute approximate surface area is 124 Å². The normalized spacial score (nSPS) is 24.2. The SMILES string of the molecule is O=C(Cc1cccs1)N1CCN(CC2CCCO2)CC1. The van der Waals surface area contributed by atoms with Gasteiger partial charge >= 0.3 is 0 Å². The number of rotatable bonds is 4. The van der Waals surface area contributed by atoms with Crippen LogP contribution in [0.25, 0.3) is 0 Å². The van der Waals surface area contributed by atoms with E-state index in [0.717, 1.165) is 44.2 Å². The predicted octanol–water partition coefficient (Wildman–Crippen LogP) is 1.61. The van der Waals surface area contributed by atoms with Crippen LogP contribution in [0.3, 0.4) is 0 Å². The molecule has 0 bridgehead atoms. The van der Waals surface area contributed by atoms with Gasteiger partial charge in [-0.25, -0.2) is 0 Å². The molecule has 0 saturated carbocycles. The van der Waals surface area contributed by atoms with Crippen LogP contribution in [0, 0.1) is 0 Å². The molecule has 0 aromatic carbocycles. The summed E-state index contributed by atoms with van der Waals surface area (Å²) < 4.78 is 5.68. The van der Waals surface area contributed by atoms with Crippen molar-refractivity contribution in [3.05, 3.63) is 22.4 Å². The smallest absolute Gasteiger partial charge is 0.227 e. The van der Waals surface area contributed by atoms with Crippen molar-refractivity contribution in [1.29, 1.82) is 0 Å². The summed E-state index contributed by atoms with van der Waals surface area (Å²) in [7, 11) is 0. The van der Waals surface area contributed by atoms with Crippen molar-refractivity contribution < 1.29 is 9.53 Å². The second-order valence-corrected chi connectivity index (χ2v) is 6.60. The molecule has 2 aliphatic heterocycles. The van der Waals surface area contributed by atoms with Gasteiger partial charge in [-0.15, -0.1) is 11.3 Å². The van der Waals surface area contributed by atoms with Gasteiger partial charge in [0, 0.05) is 44.2 Å². The van der Waals surface area contributed by atoms with Crippen molar-refractivity contribution in [2.45, 2.75) is 25.4 Å². The molecule has 2 fully saturated rings. The van der Waals surface area contributed by atoms with Crippen LogP contribution >= 0.6 is 11.3 Å². The Balaban J connectivity index is 1.42. The highest BCUT2D eigenvalue weighted by molar-refractivity contribution is 7.10. The molecule has 0 spiro atoms. The quantitative estimate of drug-likeness (QED) is 0.846. The topological polar surface area (TPSA) is 32.8 Å². The molecule has 1 amide bonds. The lowest BCUT2D eigenvalue weighted by Crippen LogP contribution is -2.50. The molecule has 2 aliphatic rings. The standard InChI is InChI=1S/C15H22N2O2S/c18-15(11-14-4-2-10-20-14)17-7-5-16(6-8-17)12-13-3-1-9-19-13/h2,4,10,13H,1,3,5-9,11-12H2. The van der Waals surface area contributed by atoms with Gasteiger partial charge in [0.05, 0.1) is 12.5 Å². The molecule has 1 unspecified atom stereocenters. The van der Waals surface area contributed by atoms with E-state index in [1.54, 1.807) is 11.3 Å². The fourth-order valence-corrected chi connectivity index (χ4v) is 3.63. The van der Waals surface area contributed by atoms with Gasteiger partial charge in [0.2, 0.25) is 5.91 Å². The minimum absolute atomic E-state index is 0.268. The van der Waals surface area contributed by atoms with Crippen LogP contribution in [0.2, 0.25) is 0 Å². The highest BCUT2D eigenvalue weighted by atomic mass is 32.1. The molecule has 2 saturated heterocycles. The van der Waals surface area contributed by atoms with E-state index in [1.807, 2.05) is 22.4 Å². The first-order valence-electron chi connectivity index (χ1n) is 7.45. The summed E-state index contributed by atoms with van der Waals surface area (Å²) in [6, 6.07) is 4.04. The summed E-state index contributed by atoms with van der Waals surface area (Å²) >= 11 is 1.66. The number of thiophene rings is 1. The third-order valence-electron chi connectivity index (χ3n) is 4.12. The second kappa shape index (κ2) is 6.70. The lowest BCUT2D eigenvalue weighted by molar-refractivity contribution is -0.132. The van der Waals surface area contributed by atoms with Crippen LogP contribution in [-0.2, 0) is 16.0 Å². The Kier molecular flexibility index (Phi) is 4.70. The van der Waals surface area contributed by atoms with Crippen LogP contribution in [0.15, 0.2) is 17.5 Å². The van der Waals surface area contributed by atoms with E-state index in [-0.39, 0.29) is 5.91 Å². The largest absolute Gasteiger partial charge is 0.377 e. The van der Waals surface area contributed by atoms with E-state index >= 15 is 0 Å². The Morgan fingerprint density at radius 2 is 2.20 bits per heavy atom. The predicted molar refractivity (Wildman–Crippen MR) is 80.0 cm³/mol. The van der Waals surface area contributed by atoms with Crippen molar-refractivity contribution in [1.82, 2.24) is 9.80 Å². The molecule has 3 heterocycles. The summed E-state index contributed by atoms with van der Waals surface area (Å²) in [5.41, 5.74) is 0. The molecule has 4 nitrogen and oxygen atoms in total. The lowest BCUT2D eigenvalue weighted by atomic mass is 10.2. The van der Waals surface area contributed by atoms with Crippen molar-refractivity contribution in [2.75, 3.05) is 39.3 Å².